The highest BCUT2D eigenvalue weighted by molar-refractivity contribution is 4.85. The van der Waals surface area contributed by atoms with Gasteiger partial charge >= 0.3 is 0 Å². The molecule has 1 rings (SSSR count). The molecule has 0 amide bonds. The minimum Gasteiger partial charge on any atom is -0.396 e. The Labute approximate surface area is 101 Å². The molecule has 1 fully saturated rings. The van der Waals surface area contributed by atoms with Crippen molar-refractivity contribution in [1.29, 1.82) is 0 Å². The molecule has 16 heavy (non-hydrogen) atoms. The average molecular weight is 227 g/mol. The van der Waals surface area contributed by atoms with Crippen LogP contribution in [0.3, 0.4) is 0 Å². The largest absolute Gasteiger partial charge is 0.396 e. The van der Waals surface area contributed by atoms with E-state index in [2.05, 4.69) is 18.7 Å². The fraction of sp³-hybridized carbons (Fsp3) is 1.00. The molecule has 0 unspecified atom stereocenters. The highest BCUT2D eigenvalue weighted by Crippen LogP contribution is 2.36. The first-order valence-electron chi connectivity index (χ1n) is 7.09. The molecule has 2 heteroatoms. The second kappa shape index (κ2) is 7.29. The van der Waals surface area contributed by atoms with Gasteiger partial charge in [0.2, 0.25) is 0 Å². The molecule has 96 valence electrons. The summed E-state index contributed by atoms with van der Waals surface area (Å²) in [4.78, 5) is 2.56. The van der Waals surface area contributed by atoms with Gasteiger partial charge in [0, 0.05) is 18.6 Å². The van der Waals surface area contributed by atoms with Gasteiger partial charge in [0.05, 0.1) is 0 Å². The summed E-state index contributed by atoms with van der Waals surface area (Å²) in [6.07, 6.45) is 8.90. The normalized spacial score (nSPS) is 20.2. The van der Waals surface area contributed by atoms with Gasteiger partial charge < -0.3 is 10.0 Å². The van der Waals surface area contributed by atoms with E-state index in [0.717, 1.165) is 6.54 Å². The van der Waals surface area contributed by atoms with Crippen molar-refractivity contribution >= 4 is 0 Å². The molecule has 0 radical (unpaired) electrons. The van der Waals surface area contributed by atoms with E-state index in [0.29, 0.717) is 6.61 Å². The summed E-state index contributed by atoms with van der Waals surface area (Å²) in [6.45, 7) is 8.37. The number of rotatable bonds is 7. The number of aliphatic hydroxyl groups is 1. The van der Waals surface area contributed by atoms with E-state index in [9.17, 15) is 5.11 Å². The minimum absolute atomic E-state index is 0.225. The third-order valence-corrected chi connectivity index (χ3v) is 3.89. The van der Waals surface area contributed by atoms with E-state index >= 15 is 0 Å². The molecule has 1 N–H and O–H groups in total. The SMILES string of the molecule is CCCN(CCC)CC1(CO)CCCCC1. The molecule has 1 saturated carbocycles. The number of aliphatic hydroxyl groups excluding tert-OH is 1. The lowest BCUT2D eigenvalue weighted by Crippen LogP contribution is -2.42. The van der Waals surface area contributed by atoms with E-state index in [1.54, 1.807) is 0 Å². The van der Waals surface area contributed by atoms with Crippen LogP contribution in [0, 0.1) is 5.41 Å². The van der Waals surface area contributed by atoms with Gasteiger partial charge in [-0.05, 0) is 38.8 Å². The second-order valence-corrected chi connectivity index (χ2v) is 5.49. The van der Waals surface area contributed by atoms with Gasteiger partial charge in [0.1, 0.15) is 0 Å². The van der Waals surface area contributed by atoms with E-state index in [-0.39, 0.29) is 5.41 Å². The van der Waals surface area contributed by atoms with Crippen LogP contribution in [-0.4, -0.2) is 36.2 Å². The van der Waals surface area contributed by atoms with Crippen molar-refractivity contribution in [2.75, 3.05) is 26.2 Å². The van der Waals surface area contributed by atoms with Crippen molar-refractivity contribution < 1.29 is 5.11 Å². The van der Waals surface area contributed by atoms with E-state index in [4.69, 9.17) is 0 Å². The van der Waals surface area contributed by atoms with Gasteiger partial charge in [0.25, 0.3) is 0 Å². The Kier molecular flexibility index (Phi) is 6.37. The molecule has 0 spiro atoms. The Hall–Kier alpha value is -0.0800. The Balaban J connectivity index is 2.50. The monoisotopic (exact) mass is 227 g/mol. The Morgan fingerprint density at radius 3 is 2.00 bits per heavy atom. The molecule has 0 heterocycles. The molecule has 0 aliphatic heterocycles. The highest BCUT2D eigenvalue weighted by Gasteiger charge is 2.32. The molecule has 1 aliphatic rings. The first-order chi connectivity index (χ1) is 7.76. The highest BCUT2D eigenvalue weighted by atomic mass is 16.3. The summed E-state index contributed by atoms with van der Waals surface area (Å²) < 4.78 is 0. The van der Waals surface area contributed by atoms with E-state index in [1.807, 2.05) is 0 Å². The zero-order chi connectivity index (χ0) is 11.9. The maximum absolute atomic E-state index is 9.70. The first kappa shape index (κ1) is 14.0. The molecule has 0 atom stereocenters. The molecular weight excluding hydrogens is 198 g/mol. The molecule has 0 aromatic heterocycles. The lowest BCUT2D eigenvalue weighted by Gasteiger charge is -2.40. The third-order valence-electron chi connectivity index (χ3n) is 3.89. The van der Waals surface area contributed by atoms with Crippen LogP contribution in [-0.2, 0) is 0 Å². The lowest BCUT2D eigenvalue weighted by atomic mass is 9.74. The molecule has 0 saturated heterocycles. The van der Waals surface area contributed by atoms with Gasteiger partial charge in [0.15, 0.2) is 0 Å². The molecule has 0 bridgehead atoms. The van der Waals surface area contributed by atoms with Gasteiger partial charge in [-0.2, -0.15) is 0 Å². The van der Waals surface area contributed by atoms with Gasteiger partial charge in [-0.3, -0.25) is 0 Å². The topological polar surface area (TPSA) is 23.5 Å². The fourth-order valence-corrected chi connectivity index (χ4v) is 3.04. The maximum Gasteiger partial charge on any atom is 0.0499 e. The summed E-state index contributed by atoms with van der Waals surface area (Å²) in [5.74, 6) is 0. The Bertz CT molecular complexity index is 170. The van der Waals surface area contributed by atoms with Crippen molar-refractivity contribution in [3.05, 3.63) is 0 Å². The van der Waals surface area contributed by atoms with E-state index < -0.39 is 0 Å². The van der Waals surface area contributed by atoms with Crippen LogP contribution in [0.1, 0.15) is 58.8 Å². The van der Waals surface area contributed by atoms with Gasteiger partial charge in [-0.15, -0.1) is 0 Å². The third kappa shape index (κ3) is 4.06. The summed E-state index contributed by atoms with van der Waals surface area (Å²) in [6, 6.07) is 0. The summed E-state index contributed by atoms with van der Waals surface area (Å²) in [5, 5.41) is 9.70. The second-order valence-electron chi connectivity index (χ2n) is 5.49. The Morgan fingerprint density at radius 1 is 1.00 bits per heavy atom. The first-order valence-corrected chi connectivity index (χ1v) is 7.09. The molecule has 0 aromatic carbocycles. The van der Waals surface area contributed by atoms with Crippen molar-refractivity contribution in [3.8, 4) is 0 Å². The molecule has 2 nitrogen and oxygen atoms in total. The summed E-state index contributed by atoms with van der Waals surface area (Å²) >= 11 is 0. The van der Waals surface area contributed by atoms with Gasteiger partial charge in [-0.1, -0.05) is 33.1 Å². The van der Waals surface area contributed by atoms with Crippen molar-refractivity contribution in [2.24, 2.45) is 5.41 Å². The van der Waals surface area contributed by atoms with Crippen LogP contribution in [0.15, 0.2) is 0 Å². The van der Waals surface area contributed by atoms with E-state index in [1.165, 1.54) is 58.0 Å². The zero-order valence-electron chi connectivity index (χ0n) is 11.2. The molecular formula is C14H29NO. The number of nitrogens with zero attached hydrogens (tertiary/aromatic N) is 1. The van der Waals surface area contributed by atoms with Crippen LogP contribution in [0.2, 0.25) is 0 Å². The van der Waals surface area contributed by atoms with Crippen molar-refractivity contribution in [1.82, 2.24) is 4.90 Å². The van der Waals surface area contributed by atoms with Crippen LogP contribution in [0.25, 0.3) is 0 Å². The summed E-state index contributed by atoms with van der Waals surface area (Å²) in [5.41, 5.74) is 0.225. The maximum atomic E-state index is 9.70. The van der Waals surface area contributed by atoms with Crippen molar-refractivity contribution in [3.63, 3.8) is 0 Å². The predicted molar refractivity (Wildman–Crippen MR) is 69.6 cm³/mol. The van der Waals surface area contributed by atoms with Gasteiger partial charge in [-0.25, -0.2) is 0 Å². The number of hydrogen-bond donors (Lipinski definition) is 1. The summed E-state index contributed by atoms with van der Waals surface area (Å²) in [7, 11) is 0. The standard InChI is InChI=1S/C14H29NO/c1-3-10-15(11-4-2)12-14(13-16)8-6-5-7-9-14/h16H,3-13H2,1-2H3. The molecule has 0 aromatic rings. The smallest absolute Gasteiger partial charge is 0.0499 e. The molecule has 1 aliphatic carbocycles. The van der Waals surface area contributed by atoms with Crippen LogP contribution >= 0.6 is 0 Å². The van der Waals surface area contributed by atoms with Crippen molar-refractivity contribution in [2.45, 2.75) is 58.8 Å². The predicted octanol–water partition coefficient (Wildman–Crippen LogP) is 3.05. The van der Waals surface area contributed by atoms with Crippen LogP contribution < -0.4 is 0 Å². The lowest BCUT2D eigenvalue weighted by molar-refractivity contribution is 0.0403. The number of hydrogen-bond acceptors (Lipinski definition) is 2. The fourth-order valence-electron chi connectivity index (χ4n) is 3.04. The Morgan fingerprint density at radius 2 is 1.56 bits per heavy atom. The van der Waals surface area contributed by atoms with Crippen LogP contribution in [0.5, 0.6) is 0 Å². The average Bonchev–Trinajstić information content (AvgIpc) is 2.31. The van der Waals surface area contributed by atoms with Crippen LogP contribution in [0.4, 0.5) is 0 Å². The zero-order valence-corrected chi connectivity index (χ0v) is 11.2. The minimum atomic E-state index is 0.225. The quantitative estimate of drug-likeness (QED) is 0.722.